The van der Waals surface area contributed by atoms with Crippen molar-refractivity contribution in [3.8, 4) is 0 Å². The third-order valence-corrected chi connectivity index (χ3v) is 16.7. The van der Waals surface area contributed by atoms with Crippen molar-refractivity contribution in [2.75, 3.05) is 6.54 Å². The zero-order chi connectivity index (χ0) is 20.7. The van der Waals surface area contributed by atoms with Gasteiger partial charge in [0.25, 0.3) is 0 Å². The summed E-state index contributed by atoms with van der Waals surface area (Å²) in [6.45, 7) is 22.5. The van der Waals surface area contributed by atoms with Crippen LogP contribution in [-0.2, 0) is 14.0 Å². The van der Waals surface area contributed by atoms with Gasteiger partial charge in [-0.15, -0.1) is 0 Å². The van der Waals surface area contributed by atoms with Gasteiger partial charge in [0.2, 0.25) is 5.91 Å². The van der Waals surface area contributed by atoms with Gasteiger partial charge in [-0.25, -0.2) is 0 Å². The average molecular weight is 402 g/mol. The van der Waals surface area contributed by atoms with Gasteiger partial charge in [-0.3, -0.25) is 9.59 Å². The Labute approximate surface area is 161 Å². The Bertz CT molecular complexity index is 547. The summed E-state index contributed by atoms with van der Waals surface area (Å²) < 4.78 is 8.43. The molecule has 0 aromatic carbocycles. The molecule has 1 amide bonds. The molecule has 0 aromatic heterocycles. The smallest absolute Gasteiger partial charge is 0.305 e. The molecule has 1 heterocycles. The van der Waals surface area contributed by atoms with Gasteiger partial charge in [0.15, 0.2) is 16.6 Å². The van der Waals surface area contributed by atoms with Crippen molar-refractivity contribution in [1.29, 1.82) is 0 Å². The van der Waals surface area contributed by atoms with Crippen LogP contribution in [0.3, 0.4) is 0 Å². The summed E-state index contributed by atoms with van der Waals surface area (Å²) in [7, 11) is -3.93. The molecule has 1 aliphatic rings. The van der Waals surface area contributed by atoms with E-state index in [1.165, 1.54) is 0 Å². The Morgan fingerprint density at radius 2 is 1.65 bits per heavy atom. The number of nitrogens with zero attached hydrogens (tertiary/aromatic N) is 1. The van der Waals surface area contributed by atoms with Crippen LogP contribution in [0.25, 0.3) is 0 Å². The molecule has 0 saturated carbocycles. The summed E-state index contributed by atoms with van der Waals surface area (Å²) in [6.07, 6.45) is 0.1000. The minimum absolute atomic E-state index is 0.0144. The highest BCUT2D eigenvalue weighted by molar-refractivity contribution is 6.79. The Morgan fingerprint density at radius 1 is 1.15 bits per heavy atom. The van der Waals surface area contributed by atoms with Crippen LogP contribution in [-0.4, -0.2) is 50.8 Å². The number of carboxylic acids is 1. The van der Waals surface area contributed by atoms with E-state index in [4.69, 9.17) is 4.43 Å². The molecule has 7 heteroatoms. The van der Waals surface area contributed by atoms with E-state index >= 15 is 0 Å². The first-order chi connectivity index (χ1) is 11.4. The fraction of sp³-hybridized carbons (Fsp3) is 0.895. The molecule has 0 spiro atoms. The Morgan fingerprint density at radius 3 is 2.00 bits per heavy atom. The molecule has 1 saturated heterocycles. The van der Waals surface area contributed by atoms with Crippen LogP contribution in [0.4, 0.5) is 0 Å². The van der Waals surface area contributed by atoms with E-state index in [1.807, 2.05) is 0 Å². The summed E-state index contributed by atoms with van der Waals surface area (Å²) in [6, 6.07) is 0. The Kier molecular flexibility index (Phi) is 6.65. The molecule has 152 valence electrons. The third-order valence-electron chi connectivity index (χ3n) is 6.75. The van der Waals surface area contributed by atoms with Crippen LogP contribution in [0.1, 0.15) is 54.4 Å². The van der Waals surface area contributed by atoms with E-state index in [1.54, 1.807) is 0 Å². The lowest BCUT2D eigenvalue weighted by Crippen LogP contribution is -2.67. The van der Waals surface area contributed by atoms with E-state index in [0.717, 1.165) is 6.54 Å². The van der Waals surface area contributed by atoms with Gasteiger partial charge in [0.1, 0.15) is 0 Å². The second-order valence-electron chi connectivity index (χ2n) is 10.8. The molecule has 1 aliphatic heterocycles. The van der Waals surface area contributed by atoms with Gasteiger partial charge in [-0.05, 0) is 29.6 Å². The lowest BCUT2D eigenvalue weighted by atomic mass is 9.93. The average Bonchev–Trinajstić information content (AvgIpc) is 2.38. The Hall–Kier alpha value is -0.666. The highest BCUT2D eigenvalue weighted by atomic mass is 28.4. The van der Waals surface area contributed by atoms with Crippen LogP contribution in [0.15, 0.2) is 0 Å². The minimum atomic E-state index is -2.08. The SMILES string of the molecule is CC(C)(C)[Si](C)(C)OC(CC(=O)O)C[C@@H]1CN([Si](C)(C)C(C)(C)C)C1=O. The van der Waals surface area contributed by atoms with Crippen LogP contribution < -0.4 is 0 Å². The second kappa shape index (κ2) is 7.39. The molecule has 1 N–H and O–H groups in total. The number of rotatable bonds is 7. The predicted molar refractivity (Wildman–Crippen MR) is 111 cm³/mol. The summed E-state index contributed by atoms with van der Waals surface area (Å²) in [5.41, 5.74) is 0. The highest BCUT2D eigenvalue weighted by Gasteiger charge is 2.52. The van der Waals surface area contributed by atoms with Crippen molar-refractivity contribution in [3.63, 3.8) is 0 Å². The van der Waals surface area contributed by atoms with Crippen LogP contribution >= 0.6 is 0 Å². The third kappa shape index (κ3) is 4.98. The number of hydrogen-bond donors (Lipinski definition) is 1. The van der Waals surface area contributed by atoms with Crippen LogP contribution in [0.5, 0.6) is 0 Å². The summed E-state index contributed by atoms with van der Waals surface area (Å²) in [4.78, 5) is 24.1. The number of aliphatic carboxylic acids is 1. The fourth-order valence-electron chi connectivity index (χ4n) is 2.86. The maximum absolute atomic E-state index is 12.8. The van der Waals surface area contributed by atoms with E-state index in [9.17, 15) is 14.7 Å². The van der Waals surface area contributed by atoms with Crippen molar-refractivity contribution in [3.05, 3.63) is 0 Å². The molecular weight excluding hydrogens is 362 g/mol. The van der Waals surface area contributed by atoms with E-state index in [-0.39, 0.29) is 34.4 Å². The molecule has 0 bridgehead atoms. The molecule has 26 heavy (non-hydrogen) atoms. The quantitative estimate of drug-likeness (QED) is 0.496. The van der Waals surface area contributed by atoms with Crippen molar-refractivity contribution in [2.24, 2.45) is 5.92 Å². The standard InChI is InChI=1S/C19H39NO4Si2/c1-18(2,3)25(7,8)20-13-14(17(20)23)11-15(12-16(21)22)24-26(9,10)19(4,5)6/h14-15H,11-13H2,1-10H3,(H,21,22)/t14-,15?/m1/s1. The van der Waals surface area contributed by atoms with E-state index < -0.39 is 22.5 Å². The first-order valence-corrected chi connectivity index (χ1v) is 15.5. The van der Waals surface area contributed by atoms with Gasteiger partial charge >= 0.3 is 5.97 Å². The Balaban J connectivity index is 2.83. The number of carbonyl (C=O) groups excluding carboxylic acids is 1. The molecule has 2 atom stereocenters. The maximum atomic E-state index is 12.8. The molecule has 5 nitrogen and oxygen atoms in total. The second-order valence-corrected chi connectivity index (χ2v) is 20.7. The van der Waals surface area contributed by atoms with E-state index in [2.05, 4.69) is 72.3 Å². The molecule has 1 unspecified atom stereocenters. The highest BCUT2D eigenvalue weighted by Crippen LogP contribution is 2.43. The van der Waals surface area contributed by atoms with Crippen molar-refractivity contribution >= 4 is 28.4 Å². The lowest BCUT2D eigenvalue weighted by Gasteiger charge is -2.54. The van der Waals surface area contributed by atoms with Gasteiger partial charge in [0, 0.05) is 6.54 Å². The number of amides is 1. The first-order valence-electron chi connectivity index (χ1n) is 9.61. The van der Waals surface area contributed by atoms with Crippen LogP contribution in [0.2, 0.25) is 36.3 Å². The van der Waals surface area contributed by atoms with Crippen molar-refractivity contribution in [1.82, 2.24) is 4.57 Å². The lowest BCUT2D eigenvalue weighted by molar-refractivity contribution is -0.145. The van der Waals surface area contributed by atoms with Gasteiger partial charge in [-0.2, -0.15) is 0 Å². The van der Waals surface area contributed by atoms with Crippen LogP contribution in [0, 0.1) is 5.92 Å². The topological polar surface area (TPSA) is 66.8 Å². The fourth-order valence-corrected chi connectivity index (χ4v) is 6.45. The van der Waals surface area contributed by atoms with Gasteiger partial charge in [0.05, 0.1) is 18.4 Å². The largest absolute Gasteiger partial charge is 0.481 e. The van der Waals surface area contributed by atoms with Crippen molar-refractivity contribution < 1.29 is 19.1 Å². The molecule has 1 fully saturated rings. The first kappa shape index (κ1) is 23.4. The molecule has 1 rings (SSSR count). The summed E-state index contributed by atoms with van der Waals surface area (Å²) in [5.74, 6) is -0.772. The molecule has 0 radical (unpaired) electrons. The predicted octanol–water partition coefficient (Wildman–Crippen LogP) is 4.71. The van der Waals surface area contributed by atoms with Gasteiger partial charge < -0.3 is 14.1 Å². The summed E-state index contributed by atoms with van der Waals surface area (Å²) in [5, 5.41) is 9.42. The summed E-state index contributed by atoms with van der Waals surface area (Å²) >= 11 is 0. The molecular formula is C19H39NO4Si2. The minimum Gasteiger partial charge on any atom is -0.481 e. The normalized spacial score (nSPS) is 20.8. The number of β-lactam (4-membered cyclic amide) rings is 1. The number of carbonyl (C=O) groups is 2. The number of hydrogen-bond acceptors (Lipinski definition) is 3. The maximum Gasteiger partial charge on any atom is 0.305 e. The zero-order valence-electron chi connectivity index (χ0n) is 18.4. The van der Waals surface area contributed by atoms with Crippen molar-refractivity contribution in [2.45, 2.75) is 96.8 Å². The zero-order valence-corrected chi connectivity index (χ0v) is 20.4. The molecule has 0 aliphatic carbocycles. The number of carboxylic acid groups (broad SMARTS) is 1. The molecule has 0 aromatic rings. The van der Waals surface area contributed by atoms with Gasteiger partial charge in [-0.1, -0.05) is 54.6 Å². The monoisotopic (exact) mass is 401 g/mol. The van der Waals surface area contributed by atoms with E-state index in [0.29, 0.717) is 6.42 Å².